The lowest BCUT2D eigenvalue weighted by atomic mass is 10.0. The van der Waals surface area contributed by atoms with Gasteiger partial charge in [0.2, 0.25) is 0 Å². The van der Waals surface area contributed by atoms with Gasteiger partial charge in [-0.15, -0.1) is 10.2 Å². The molecule has 3 rings (SSSR count). The summed E-state index contributed by atoms with van der Waals surface area (Å²) in [5.41, 5.74) is 2.34. The Bertz CT molecular complexity index is 826. The fourth-order valence-electron chi connectivity index (χ4n) is 2.72. The summed E-state index contributed by atoms with van der Waals surface area (Å²) in [6.07, 6.45) is 1.72. The number of aromatic nitrogens is 3. The van der Waals surface area contributed by atoms with Gasteiger partial charge in [-0.25, -0.2) is 0 Å². The van der Waals surface area contributed by atoms with Gasteiger partial charge in [0.15, 0.2) is 11.8 Å². The summed E-state index contributed by atoms with van der Waals surface area (Å²) >= 11 is 0. The van der Waals surface area contributed by atoms with Gasteiger partial charge >= 0.3 is 0 Å². The van der Waals surface area contributed by atoms with Crippen LogP contribution in [0.5, 0.6) is 0 Å². The molecule has 3 aromatic rings. The Morgan fingerprint density at radius 2 is 1.73 bits per heavy atom. The number of hydrogen-bond acceptors (Lipinski definition) is 3. The molecule has 2 N–H and O–H groups in total. The number of nitrogens with zero attached hydrogens (tertiary/aromatic N) is 4. The monoisotopic (exact) mass is 348 g/mol. The molecule has 0 fully saturated rings. The van der Waals surface area contributed by atoms with Crippen molar-refractivity contribution in [1.29, 1.82) is 0 Å². The molecule has 0 amide bonds. The van der Waals surface area contributed by atoms with Crippen molar-refractivity contribution in [2.45, 2.75) is 19.4 Å². The van der Waals surface area contributed by atoms with E-state index >= 15 is 0 Å². The van der Waals surface area contributed by atoms with Crippen molar-refractivity contribution in [3.63, 3.8) is 0 Å². The number of benzene rings is 2. The van der Waals surface area contributed by atoms with Crippen LogP contribution in [0.1, 0.15) is 24.2 Å². The Labute approximate surface area is 154 Å². The first kappa shape index (κ1) is 17.7. The normalized spacial score (nSPS) is 12.6. The van der Waals surface area contributed by atoms with Crippen molar-refractivity contribution >= 4 is 5.96 Å². The highest BCUT2D eigenvalue weighted by atomic mass is 15.3. The van der Waals surface area contributed by atoms with Crippen molar-refractivity contribution < 1.29 is 0 Å². The molecule has 0 aliphatic carbocycles. The summed E-state index contributed by atoms with van der Waals surface area (Å²) in [5.74, 6) is 1.97. The Hall–Kier alpha value is -3.15. The quantitative estimate of drug-likeness (QED) is 0.531. The number of hydrogen-bond donors (Lipinski definition) is 2. The first-order chi connectivity index (χ1) is 12.8. The fraction of sp³-hybridized carbons (Fsp3) is 0.250. The van der Waals surface area contributed by atoms with Crippen molar-refractivity contribution in [2.75, 3.05) is 13.6 Å². The molecule has 1 unspecified atom stereocenters. The van der Waals surface area contributed by atoms with E-state index in [1.165, 1.54) is 5.56 Å². The minimum absolute atomic E-state index is 0.391. The molecule has 0 aliphatic rings. The molecule has 1 heterocycles. The van der Waals surface area contributed by atoms with Gasteiger partial charge in [0.25, 0.3) is 0 Å². The van der Waals surface area contributed by atoms with E-state index in [0.717, 1.165) is 24.0 Å². The van der Waals surface area contributed by atoms with Crippen LogP contribution in [0, 0.1) is 0 Å². The van der Waals surface area contributed by atoms with Crippen LogP contribution in [0.15, 0.2) is 72.0 Å². The van der Waals surface area contributed by atoms with Gasteiger partial charge in [-0.1, -0.05) is 55.5 Å². The largest absolute Gasteiger partial charge is 0.356 e. The zero-order valence-corrected chi connectivity index (χ0v) is 15.1. The van der Waals surface area contributed by atoms with Crippen molar-refractivity contribution in [3.05, 3.63) is 78.4 Å². The fourth-order valence-corrected chi connectivity index (χ4v) is 2.72. The van der Waals surface area contributed by atoms with E-state index in [9.17, 15) is 0 Å². The predicted octanol–water partition coefficient (Wildman–Crippen LogP) is 2.74. The number of para-hydroxylation sites is 1. The lowest BCUT2D eigenvalue weighted by molar-refractivity contribution is 0.690. The number of nitrogens with one attached hydrogen (secondary N) is 2. The summed E-state index contributed by atoms with van der Waals surface area (Å²) < 4.78 is 1.97. The van der Waals surface area contributed by atoms with Crippen LogP contribution in [0.4, 0.5) is 0 Å². The summed E-state index contributed by atoms with van der Waals surface area (Å²) in [7, 11) is 1.77. The third-order valence-electron chi connectivity index (χ3n) is 4.23. The highest BCUT2D eigenvalue weighted by molar-refractivity contribution is 5.79. The topological polar surface area (TPSA) is 67.1 Å². The zero-order chi connectivity index (χ0) is 18.2. The maximum atomic E-state index is 4.29. The summed E-state index contributed by atoms with van der Waals surface area (Å²) in [6.45, 7) is 3.53. The van der Waals surface area contributed by atoms with Gasteiger partial charge in [-0.3, -0.25) is 9.56 Å². The Morgan fingerprint density at radius 1 is 1.04 bits per heavy atom. The molecule has 6 heteroatoms. The van der Waals surface area contributed by atoms with E-state index < -0.39 is 0 Å². The van der Waals surface area contributed by atoms with E-state index in [0.29, 0.717) is 12.5 Å². The average molecular weight is 348 g/mol. The van der Waals surface area contributed by atoms with Crippen LogP contribution in [0.25, 0.3) is 5.69 Å². The van der Waals surface area contributed by atoms with Crippen molar-refractivity contribution in [1.82, 2.24) is 25.4 Å². The zero-order valence-electron chi connectivity index (χ0n) is 15.1. The second kappa shape index (κ2) is 8.80. The minimum Gasteiger partial charge on any atom is -0.356 e. The van der Waals surface area contributed by atoms with Gasteiger partial charge in [-0.2, -0.15) is 0 Å². The second-order valence-electron chi connectivity index (χ2n) is 6.07. The maximum absolute atomic E-state index is 4.29. The molecule has 0 spiro atoms. The number of rotatable bonds is 6. The Kier molecular flexibility index (Phi) is 5.98. The van der Waals surface area contributed by atoms with E-state index in [-0.39, 0.29) is 0 Å². The predicted molar refractivity (Wildman–Crippen MR) is 104 cm³/mol. The molecule has 0 aliphatic heterocycles. The first-order valence-corrected chi connectivity index (χ1v) is 8.71. The highest BCUT2D eigenvalue weighted by Crippen LogP contribution is 2.13. The number of guanidine groups is 1. The van der Waals surface area contributed by atoms with Gasteiger partial charge in [0, 0.05) is 19.3 Å². The third kappa shape index (κ3) is 4.47. The summed E-state index contributed by atoms with van der Waals surface area (Å²) in [4.78, 5) is 4.29. The average Bonchev–Trinajstić information content (AvgIpc) is 3.18. The standard InChI is InChI=1S/C20H24N6/c1-16(17-9-5-3-6-10-17)13-22-20(21-2)23-14-19-25-24-15-26(19)18-11-7-4-8-12-18/h3-12,15-16H,13-14H2,1-2H3,(H2,21,22,23). The molecule has 1 aromatic heterocycles. The van der Waals surface area contributed by atoms with Crippen LogP contribution in [-0.4, -0.2) is 34.3 Å². The van der Waals surface area contributed by atoms with Gasteiger partial charge < -0.3 is 10.6 Å². The Balaban J connectivity index is 1.56. The molecule has 0 saturated heterocycles. The lowest BCUT2D eigenvalue weighted by Crippen LogP contribution is -2.39. The molecule has 1 atom stereocenters. The smallest absolute Gasteiger partial charge is 0.191 e. The van der Waals surface area contributed by atoms with Crippen LogP contribution in [-0.2, 0) is 6.54 Å². The second-order valence-corrected chi connectivity index (χ2v) is 6.07. The van der Waals surface area contributed by atoms with Crippen molar-refractivity contribution in [3.8, 4) is 5.69 Å². The van der Waals surface area contributed by atoms with Gasteiger partial charge in [0.05, 0.1) is 6.54 Å². The summed E-state index contributed by atoms with van der Waals surface area (Å²) in [6, 6.07) is 20.5. The molecular formula is C20H24N6. The third-order valence-corrected chi connectivity index (χ3v) is 4.23. The van der Waals surface area contributed by atoms with Crippen molar-refractivity contribution in [2.24, 2.45) is 4.99 Å². The molecule has 26 heavy (non-hydrogen) atoms. The highest BCUT2D eigenvalue weighted by Gasteiger charge is 2.09. The lowest BCUT2D eigenvalue weighted by Gasteiger charge is -2.16. The molecule has 134 valence electrons. The van der Waals surface area contributed by atoms with E-state index in [1.54, 1.807) is 13.4 Å². The summed E-state index contributed by atoms with van der Waals surface area (Å²) in [5, 5.41) is 14.9. The molecule has 0 bridgehead atoms. The maximum Gasteiger partial charge on any atom is 0.191 e. The number of aliphatic imine (C=N–C) groups is 1. The van der Waals surface area contributed by atoms with E-state index in [2.05, 4.69) is 57.0 Å². The molecular weight excluding hydrogens is 324 g/mol. The SMILES string of the molecule is CN=C(NCc1nncn1-c1ccccc1)NCC(C)c1ccccc1. The molecule has 0 saturated carbocycles. The van der Waals surface area contributed by atoms with Crippen LogP contribution >= 0.6 is 0 Å². The molecule has 0 radical (unpaired) electrons. The molecule has 2 aromatic carbocycles. The van der Waals surface area contributed by atoms with Crippen LogP contribution < -0.4 is 10.6 Å². The van der Waals surface area contributed by atoms with Gasteiger partial charge in [-0.05, 0) is 23.6 Å². The Morgan fingerprint density at radius 3 is 2.42 bits per heavy atom. The van der Waals surface area contributed by atoms with E-state index in [4.69, 9.17) is 0 Å². The molecule has 6 nitrogen and oxygen atoms in total. The first-order valence-electron chi connectivity index (χ1n) is 8.71. The minimum atomic E-state index is 0.391. The van der Waals surface area contributed by atoms with Crippen LogP contribution in [0.3, 0.4) is 0 Å². The van der Waals surface area contributed by atoms with Crippen LogP contribution in [0.2, 0.25) is 0 Å². The van der Waals surface area contributed by atoms with E-state index in [1.807, 2.05) is 41.0 Å². The van der Waals surface area contributed by atoms with Gasteiger partial charge in [0.1, 0.15) is 6.33 Å².